The zero-order valence-corrected chi connectivity index (χ0v) is 12.0. The maximum atomic E-state index is 12.9. The Balaban J connectivity index is 2.68. The molecule has 1 aromatic rings. The van der Waals surface area contributed by atoms with Crippen LogP contribution in [0.4, 0.5) is 4.39 Å². The molecule has 1 atom stereocenters. The highest BCUT2D eigenvalue weighted by atomic mass is 79.9. The maximum Gasteiger partial charge on any atom is 0.252 e. The van der Waals surface area contributed by atoms with Crippen LogP contribution in [-0.4, -0.2) is 18.5 Å². The third kappa shape index (κ3) is 4.38. The summed E-state index contributed by atoms with van der Waals surface area (Å²) in [5.74, 6) is -0.604. The number of nitrogens with two attached hydrogens (primary N) is 1. The van der Waals surface area contributed by atoms with Gasteiger partial charge in [0.05, 0.1) is 5.56 Å². The van der Waals surface area contributed by atoms with Crippen molar-refractivity contribution in [1.29, 1.82) is 0 Å². The summed E-state index contributed by atoms with van der Waals surface area (Å²) in [5, 5.41) is 2.86. The molecule has 100 valence electrons. The van der Waals surface area contributed by atoms with E-state index in [1.54, 1.807) is 0 Å². The first-order chi connectivity index (χ1) is 8.58. The number of amides is 1. The fraction of sp³-hybridized carbons (Fsp3) is 0.462. The second kappa shape index (κ2) is 7.48. The van der Waals surface area contributed by atoms with Crippen LogP contribution in [0.3, 0.4) is 0 Å². The average molecular weight is 317 g/mol. The molecular formula is C13H18BrFN2O. The standard InChI is InChI=1S/C13H18BrFN2O/c1-2-3-4-10(8-16)17-13(18)11-6-5-9(15)7-12(11)14/h5-7,10H,2-4,8,16H2,1H3,(H,17,18). The van der Waals surface area contributed by atoms with E-state index in [-0.39, 0.29) is 17.8 Å². The fourth-order valence-corrected chi connectivity index (χ4v) is 2.17. The molecule has 0 saturated heterocycles. The van der Waals surface area contributed by atoms with E-state index in [1.807, 2.05) is 0 Å². The Morgan fingerprint density at radius 3 is 2.83 bits per heavy atom. The van der Waals surface area contributed by atoms with Gasteiger partial charge in [-0.3, -0.25) is 4.79 Å². The van der Waals surface area contributed by atoms with Gasteiger partial charge in [-0.2, -0.15) is 0 Å². The molecule has 0 saturated carbocycles. The van der Waals surface area contributed by atoms with Crippen molar-refractivity contribution < 1.29 is 9.18 Å². The minimum Gasteiger partial charge on any atom is -0.348 e. The first kappa shape index (κ1) is 15.1. The molecule has 0 radical (unpaired) electrons. The molecule has 0 fully saturated rings. The van der Waals surface area contributed by atoms with E-state index in [1.165, 1.54) is 18.2 Å². The molecule has 0 heterocycles. The number of carbonyl (C=O) groups is 1. The van der Waals surface area contributed by atoms with E-state index in [9.17, 15) is 9.18 Å². The van der Waals surface area contributed by atoms with E-state index in [4.69, 9.17) is 5.73 Å². The molecule has 0 spiro atoms. The fourth-order valence-electron chi connectivity index (χ4n) is 1.64. The summed E-state index contributed by atoms with van der Waals surface area (Å²) in [6, 6.07) is 3.97. The van der Waals surface area contributed by atoms with Gasteiger partial charge in [0, 0.05) is 17.1 Å². The summed E-state index contributed by atoms with van der Waals surface area (Å²) in [4.78, 5) is 12.0. The van der Waals surface area contributed by atoms with Gasteiger partial charge in [0.1, 0.15) is 5.82 Å². The Kier molecular flexibility index (Phi) is 6.29. The summed E-state index contributed by atoms with van der Waals surface area (Å²) in [5.41, 5.74) is 6.04. The van der Waals surface area contributed by atoms with Gasteiger partial charge >= 0.3 is 0 Å². The normalized spacial score (nSPS) is 12.2. The van der Waals surface area contributed by atoms with Gasteiger partial charge < -0.3 is 11.1 Å². The number of halogens is 2. The Bertz CT molecular complexity index is 412. The number of rotatable bonds is 6. The molecule has 5 heteroatoms. The van der Waals surface area contributed by atoms with Crippen LogP contribution >= 0.6 is 15.9 Å². The van der Waals surface area contributed by atoms with Crippen LogP contribution in [-0.2, 0) is 0 Å². The minimum absolute atomic E-state index is 0.0330. The molecule has 1 amide bonds. The van der Waals surface area contributed by atoms with Crippen molar-refractivity contribution in [2.24, 2.45) is 5.73 Å². The lowest BCUT2D eigenvalue weighted by molar-refractivity contribution is 0.0935. The lowest BCUT2D eigenvalue weighted by Crippen LogP contribution is -2.40. The third-order valence-electron chi connectivity index (χ3n) is 2.70. The van der Waals surface area contributed by atoms with Crippen molar-refractivity contribution in [2.45, 2.75) is 32.2 Å². The van der Waals surface area contributed by atoms with Gasteiger partial charge in [-0.05, 0) is 40.5 Å². The number of nitrogens with one attached hydrogen (secondary N) is 1. The number of hydrogen-bond donors (Lipinski definition) is 2. The summed E-state index contributed by atoms with van der Waals surface area (Å²) in [6.07, 6.45) is 2.94. The molecule has 1 rings (SSSR count). The van der Waals surface area contributed by atoms with Crippen LogP contribution in [0, 0.1) is 5.82 Å². The van der Waals surface area contributed by atoms with Crippen molar-refractivity contribution in [2.75, 3.05) is 6.54 Å². The highest BCUT2D eigenvalue weighted by Crippen LogP contribution is 2.18. The van der Waals surface area contributed by atoms with Crippen LogP contribution in [0.25, 0.3) is 0 Å². The Hall–Kier alpha value is -0.940. The number of carbonyl (C=O) groups excluding carboxylic acids is 1. The van der Waals surface area contributed by atoms with E-state index < -0.39 is 0 Å². The monoisotopic (exact) mass is 316 g/mol. The lowest BCUT2D eigenvalue weighted by atomic mass is 10.1. The zero-order valence-electron chi connectivity index (χ0n) is 10.4. The summed E-state index contributed by atoms with van der Waals surface area (Å²) in [7, 11) is 0. The smallest absolute Gasteiger partial charge is 0.252 e. The van der Waals surface area contributed by atoms with Crippen molar-refractivity contribution in [3.05, 3.63) is 34.1 Å². The highest BCUT2D eigenvalue weighted by molar-refractivity contribution is 9.10. The lowest BCUT2D eigenvalue weighted by Gasteiger charge is -2.17. The first-order valence-electron chi connectivity index (χ1n) is 6.04. The summed E-state index contributed by atoms with van der Waals surface area (Å²) in [6.45, 7) is 2.50. The van der Waals surface area contributed by atoms with Crippen LogP contribution in [0.2, 0.25) is 0 Å². The minimum atomic E-state index is -0.375. The third-order valence-corrected chi connectivity index (χ3v) is 3.36. The molecular weight excluding hydrogens is 299 g/mol. The molecule has 0 aliphatic rings. The molecule has 1 aromatic carbocycles. The van der Waals surface area contributed by atoms with Gasteiger partial charge in [-0.1, -0.05) is 19.8 Å². The van der Waals surface area contributed by atoms with Gasteiger partial charge in [0.25, 0.3) is 5.91 Å². The second-order valence-electron chi connectivity index (χ2n) is 4.17. The number of benzene rings is 1. The number of unbranched alkanes of at least 4 members (excludes halogenated alkanes) is 1. The van der Waals surface area contributed by atoms with Crippen molar-refractivity contribution in [1.82, 2.24) is 5.32 Å². The molecule has 0 aromatic heterocycles. The average Bonchev–Trinajstić information content (AvgIpc) is 2.34. The predicted octanol–water partition coefficient (Wildman–Crippen LogP) is 2.84. The molecule has 3 N–H and O–H groups in total. The van der Waals surface area contributed by atoms with Gasteiger partial charge in [0.15, 0.2) is 0 Å². The highest BCUT2D eigenvalue weighted by Gasteiger charge is 2.14. The molecule has 1 unspecified atom stereocenters. The van der Waals surface area contributed by atoms with Crippen molar-refractivity contribution in [3.8, 4) is 0 Å². The van der Waals surface area contributed by atoms with E-state index in [0.717, 1.165) is 19.3 Å². The molecule has 0 aliphatic carbocycles. The van der Waals surface area contributed by atoms with Gasteiger partial charge in [0.2, 0.25) is 0 Å². The van der Waals surface area contributed by atoms with Crippen LogP contribution in [0.1, 0.15) is 36.5 Å². The molecule has 3 nitrogen and oxygen atoms in total. The Morgan fingerprint density at radius 1 is 1.56 bits per heavy atom. The van der Waals surface area contributed by atoms with E-state index in [0.29, 0.717) is 16.6 Å². The van der Waals surface area contributed by atoms with Gasteiger partial charge in [-0.15, -0.1) is 0 Å². The van der Waals surface area contributed by atoms with Crippen LogP contribution < -0.4 is 11.1 Å². The van der Waals surface area contributed by atoms with Gasteiger partial charge in [-0.25, -0.2) is 4.39 Å². The van der Waals surface area contributed by atoms with Crippen molar-refractivity contribution >= 4 is 21.8 Å². The molecule has 0 bridgehead atoms. The van der Waals surface area contributed by atoms with Crippen molar-refractivity contribution in [3.63, 3.8) is 0 Å². The zero-order chi connectivity index (χ0) is 13.5. The quantitative estimate of drug-likeness (QED) is 0.848. The number of hydrogen-bond acceptors (Lipinski definition) is 2. The summed E-state index contributed by atoms with van der Waals surface area (Å²) >= 11 is 3.18. The van der Waals surface area contributed by atoms with Crippen LogP contribution in [0.5, 0.6) is 0 Å². The van der Waals surface area contributed by atoms with E-state index >= 15 is 0 Å². The Labute approximate surface area is 115 Å². The second-order valence-corrected chi connectivity index (χ2v) is 5.03. The topological polar surface area (TPSA) is 55.1 Å². The molecule has 18 heavy (non-hydrogen) atoms. The first-order valence-corrected chi connectivity index (χ1v) is 6.83. The predicted molar refractivity (Wildman–Crippen MR) is 73.9 cm³/mol. The largest absolute Gasteiger partial charge is 0.348 e. The summed E-state index contributed by atoms with van der Waals surface area (Å²) < 4.78 is 13.4. The maximum absolute atomic E-state index is 12.9. The van der Waals surface area contributed by atoms with E-state index in [2.05, 4.69) is 28.2 Å². The SMILES string of the molecule is CCCCC(CN)NC(=O)c1ccc(F)cc1Br. The Morgan fingerprint density at radius 2 is 2.28 bits per heavy atom. The van der Waals surface area contributed by atoms with Crippen LogP contribution in [0.15, 0.2) is 22.7 Å². The molecule has 0 aliphatic heterocycles.